The summed E-state index contributed by atoms with van der Waals surface area (Å²) in [6.07, 6.45) is -0.671. The van der Waals surface area contributed by atoms with Crippen molar-refractivity contribution in [1.29, 1.82) is 0 Å². The molecule has 1 saturated heterocycles. The van der Waals surface area contributed by atoms with Gasteiger partial charge in [0.15, 0.2) is 22.5 Å². The standard InChI is InChI=1S/C15H18ClNO6S/c1-10(15(19)17-12-5-6-24(20,21)9-12)23-14(18)8-22-13-4-2-3-11(16)7-13/h2-4,7,10,12H,5-6,8-9H2,1H3,(H,17,19)/t10-,12+/m0/s1. The van der Waals surface area contributed by atoms with Gasteiger partial charge in [0.25, 0.3) is 5.91 Å². The van der Waals surface area contributed by atoms with Crippen LogP contribution in [0.4, 0.5) is 0 Å². The summed E-state index contributed by atoms with van der Waals surface area (Å²) in [6.45, 7) is 1.05. The van der Waals surface area contributed by atoms with E-state index in [-0.39, 0.29) is 18.1 Å². The molecule has 1 heterocycles. The summed E-state index contributed by atoms with van der Waals surface area (Å²) in [5.41, 5.74) is 0. The maximum absolute atomic E-state index is 11.9. The Kier molecular flexibility index (Phi) is 6.06. The van der Waals surface area contributed by atoms with E-state index < -0.39 is 33.9 Å². The lowest BCUT2D eigenvalue weighted by molar-refractivity contribution is -0.156. The van der Waals surface area contributed by atoms with E-state index in [1.807, 2.05) is 0 Å². The average molecular weight is 376 g/mol. The van der Waals surface area contributed by atoms with Gasteiger partial charge in [0.1, 0.15) is 5.75 Å². The van der Waals surface area contributed by atoms with Crippen molar-refractivity contribution in [3.8, 4) is 5.75 Å². The van der Waals surface area contributed by atoms with Crippen LogP contribution in [0.15, 0.2) is 24.3 Å². The minimum Gasteiger partial charge on any atom is -0.482 e. The first-order chi connectivity index (χ1) is 11.2. The van der Waals surface area contributed by atoms with Crippen molar-refractivity contribution in [3.63, 3.8) is 0 Å². The van der Waals surface area contributed by atoms with Crippen LogP contribution >= 0.6 is 11.6 Å². The molecule has 2 atom stereocenters. The van der Waals surface area contributed by atoms with Crippen LogP contribution in [0.5, 0.6) is 5.75 Å². The Morgan fingerprint density at radius 1 is 1.42 bits per heavy atom. The highest BCUT2D eigenvalue weighted by atomic mass is 35.5. The zero-order chi connectivity index (χ0) is 17.7. The van der Waals surface area contributed by atoms with Gasteiger partial charge in [-0.15, -0.1) is 0 Å². The summed E-state index contributed by atoms with van der Waals surface area (Å²) in [7, 11) is -3.09. The van der Waals surface area contributed by atoms with E-state index in [0.717, 1.165) is 0 Å². The molecule has 1 aliphatic rings. The summed E-state index contributed by atoms with van der Waals surface area (Å²) in [4.78, 5) is 23.6. The Hall–Kier alpha value is -1.80. The fourth-order valence-corrected chi connectivity index (χ4v) is 4.06. The molecule has 0 aromatic heterocycles. The van der Waals surface area contributed by atoms with Crippen molar-refractivity contribution in [3.05, 3.63) is 29.3 Å². The predicted molar refractivity (Wildman–Crippen MR) is 87.7 cm³/mol. The number of benzene rings is 1. The second-order valence-corrected chi connectivity index (χ2v) is 8.15. The van der Waals surface area contributed by atoms with Gasteiger partial charge in [0.2, 0.25) is 0 Å². The maximum Gasteiger partial charge on any atom is 0.344 e. The quantitative estimate of drug-likeness (QED) is 0.743. The van der Waals surface area contributed by atoms with Crippen molar-refractivity contribution in [2.45, 2.75) is 25.5 Å². The third kappa shape index (κ3) is 5.68. The molecule has 1 aliphatic heterocycles. The zero-order valence-corrected chi connectivity index (χ0v) is 14.6. The molecule has 0 unspecified atom stereocenters. The Morgan fingerprint density at radius 3 is 2.79 bits per heavy atom. The van der Waals surface area contributed by atoms with Gasteiger partial charge in [-0.05, 0) is 31.5 Å². The van der Waals surface area contributed by atoms with E-state index in [1.165, 1.54) is 6.92 Å². The summed E-state index contributed by atoms with van der Waals surface area (Å²) in [6, 6.07) is 6.09. The first-order valence-corrected chi connectivity index (χ1v) is 9.54. The third-order valence-electron chi connectivity index (χ3n) is 3.41. The van der Waals surface area contributed by atoms with Crippen LogP contribution in [-0.4, -0.2) is 50.6 Å². The number of nitrogens with one attached hydrogen (secondary N) is 1. The Labute approximate surface area is 145 Å². The first-order valence-electron chi connectivity index (χ1n) is 7.34. The number of carbonyl (C=O) groups is 2. The largest absolute Gasteiger partial charge is 0.482 e. The van der Waals surface area contributed by atoms with Crippen molar-refractivity contribution >= 4 is 33.3 Å². The number of sulfone groups is 1. The average Bonchev–Trinajstić information content (AvgIpc) is 2.84. The molecular formula is C15H18ClNO6S. The van der Waals surface area contributed by atoms with Crippen molar-refractivity contribution < 1.29 is 27.5 Å². The molecule has 132 valence electrons. The van der Waals surface area contributed by atoms with E-state index in [1.54, 1.807) is 24.3 Å². The van der Waals surface area contributed by atoms with Crippen molar-refractivity contribution in [2.75, 3.05) is 18.1 Å². The molecule has 0 spiro atoms. The second kappa shape index (κ2) is 7.85. The van der Waals surface area contributed by atoms with Crippen LogP contribution in [0, 0.1) is 0 Å². The lowest BCUT2D eigenvalue weighted by Crippen LogP contribution is -2.43. The number of ether oxygens (including phenoxy) is 2. The van der Waals surface area contributed by atoms with Crippen molar-refractivity contribution in [1.82, 2.24) is 5.32 Å². The molecule has 1 amide bonds. The summed E-state index contributed by atoms with van der Waals surface area (Å²) >= 11 is 5.80. The topological polar surface area (TPSA) is 98.8 Å². The third-order valence-corrected chi connectivity index (χ3v) is 5.41. The molecule has 1 aromatic carbocycles. The van der Waals surface area contributed by atoms with Gasteiger partial charge in [-0.25, -0.2) is 13.2 Å². The Bertz CT molecular complexity index is 720. The smallest absolute Gasteiger partial charge is 0.344 e. The molecule has 9 heteroatoms. The highest BCUT2D eigenvalue weighted by Gasteiger charge is 2.30. The monoisotopic (exact) mass is 375 g/mol. The fourth-order valence-electron chi connectivity index (χ4n) is 2.21. The highest BCUT2D eigenvalue weighted by molar-refractivity contribution is 7.91. The van der Waals surface area contributed by atoms with Crippen LogP contribution in [-0.2, 0) is 24.2 Å². The van der Waals surface area contributed by atoms with Gasteiger partial charge >= 0.3 is 5.97 Å². The van der Waals surface area contributed by atoms with E-state index in [0.29, 0.717) is 17.2 Å². The van der Waals surface area contributed by atoms with Gasteiger partial charge in [0.05, 0.1) is 11.5 Å². The number of halogens is 1. The molecule has 24 heavy (non-hydrogen) atoms. The molecular weight excluding hydrogens is 358 g/mol. The van der Waals surface area contributed by atoms with Crippen LogP contribution < -0.4 is 10.1 Å². The van der Waals surface area contributed by atoms with Crippen LogP contribution in [0.3, 0.4) is 0 Å². The molecule has 1 fully saturated rings. The minimum atomic E-state index is -3.09. The maximum atomic E-state index is 11.9. The summed E-state index contributed by atoms with van der Waals surface area (Å²) in [5, 5.41) is 3.04. The minimum absolute atomic E-state index is 0.0551. The number of hydrogen-bond acceptors (Lipinski definition) is 6. The number of esters is 1. The lowest BCUT2D eigenvalue weighted by atomic mass is 10.2. The number of carbonyl (C=O) groups excluding carboxylic acids is 2. The van der Waals surface area contributed by atoms with Crippen LogP contribution in [0.2, 0.25) is 5.02 Å². The van der Waals surface area contributed by atoms with Crippen LogP contribution in [0.25, 0.3) is 0 Å². The molecule has 0 aliphatic carbocycles. The van der Waals surface area contributed by atoms with Gasteiger partial charge in [-0.1, -0.05) is 17.7 Å². The SMILES string of the molecule is C[C@H](OC(=O)COc1cccc(Cl)c1)C(=O)N[C@@H]1CCS(=O)(=O)C1. The van der Waals surface area contributed by atoms with E-state index in [4.69, 9.17) is 21.1 Å². The van der Waals surface area contributed by atoms with E-state index in [2.05, 4.69) is 5.32 Å². The van der Waals surface area contributed by atoms with E-state index in [9.17, 15) is 18.0 Å². The number of rotatable bonds is 6. The van der Waals surface area contributed by atoms with Gasteiger partial charge in [-0.2, -0.15) is 0 Å². The first kappa shape index (κ1) is 18.5. The fraction of sp³-hybridized carbons (Fsp3) is 0.467. The predicted octanol–water partition coefficient (Wildman–Crippen LogP) is 0.954. The molecule has 0 radical (unpaired) electrons. The molecule has 2 rings (SSSR count). The molecule has 1 N–H and O–H groups in total. The molecule has 0 bridgehead atoms. The Balaban J connectivity index is 1.75. The van der Waals surface area contributed by atoms with Gasteiger partial charge in [0, 0.05) is 11.1 Å². The van der Waals surface area contributed by atoms with Gasteiger partial charge < -0.3 is 14.8 Å². The highest BCUT2D eigenvalue weighted by Crippen LogP contribution is 2.17. The van der Waals surface area contributed by atoms with Crippen LogP contribution in [0.1, 0.15) is 13.3 Å². The lowest BCUT2D eigenvalue weighted by Gasteiger charge is -2.16. The molecule has 0 saturated carbocycles. The van der Waals surface area contributed by atoms with Crippen molar-refractivity contribution in [2.24, 2.45) is 0 Å². The van der Waals surface area contributed by atoms with Gasteiger partial charge in [-0.3, -0.25) is 4.79 Å². The Morgan fingerprint density at radius 2 is 2.17 bits per heavy atom. The molecule has 1 aromatic rings. The zero-order valence-electron chi connectivity index (χ0n) is 13.0. The summed E-state index contributed by atoms with van der Waals surface area (Å²) in [5.74, 6) is -0.866. The molecule has 7 nitrogen and oxygen atoms in total. The van der Waals surface area contributed by atoms with E-state index >= 15 is 0 Å². The normalized spacial score (nSPS) is 20.2. The number of hydrogen-bond donors (Lipinski definition) is 1. The number of amides is 1. The summed E-state index contributed by atoms with van der Waals surface area (Å²) < 4.78 is 32.9. The second-order valence-electron chi connectivity index (χ2n) is 5.49.